The lowest BCUT2D eigenvalue weighted by Crippen LogP contribution is -2.47. The minimum Gasteiger partial charge on any atom is -0.397 e. The Morgan fingerprint density at radius 2 is 1.77 bits per heavy atom. The maximum Gasteiger partial charge on any atom is 0.131 e. The maximum absolute atomic E-state index is 6.78. The summed E-state index contributed by atoms with van der Waals surface area (Å²) < 4.78 is 1.82. The molecular weight excluding hydrogens is 412 g/mol. The molecule has 0 spiro atoms. The molecule has 3 aromatic rings. The molecule has 0 saturated carbocycles. The van der Waals surface area contributed by atoms with Gasteiger partial charge in [0, 0.05) is 38.9 Å². The van der Waals surface area contributed by atoms with E-state index in [9.17, 15) is 0 Å². The van der Waals surface area contributed by atoms with Crippen molar-refractivity contribution in [3.05, 3.63) is 53.7 Å². The number of aromatic nitrogens is 4. The summed E-state index contributed by atoms with van der Waals surface area (Å²) in [6, 6.07) is 11.5. The van der Waals surface area contributed by atoms with E-state index < -0.39 is 0 Å². The molecule has 1 fully saturated rings. The molecule has 0 bridgehead atoms. The van der Waals surface area contributed by atoms with Gasteiger partial charge in [-0.15, -0.1) is 0 Å². The molecule has 5 N–H and O–H groups in total. The fourth-order valence-electron chi connectivity index (χ4n) is 3.88. The predicted molar refractivity (Wildman–Crippen MR) is 126 cm³/mol. The fourth-order valence-corrected chi connectivity index (χ4v) is 4.18. The van der Waals surface area contributed by atoms with Gasteiger partial charge in [0.25, 0.3) is 0 Å². The first-order valence-corrected chi connectivity index (χ1v) is 11.0. The van der Waals surface area contributed by atoms with Crippen LogP contribution in [0.4, 0.5) is 5.82 Å². The molecular formula is C22H29ClN8. The Labute approximate surface area is 187 Å². The number of rotatable bonds is 7. The number of piperazine rings is 1. The number of anilines is 1. The highest BCUT2D eigenvalue weighted by atomic mass is 35.5. The Hall–Kier alpha value is -2.81. The Kier molecular flexibility index (Phi) is 6.60. The van der Waals surface area contributed by atoms with E-state index >= 15 is 0 Å². The smallest absolute Gasteiger partial charge is 0.131 e. The molecule has 164 valence electrons. The highest BCUT2D eigenvalue weighted by Crippen LogP contribution is 2.37. The van der Waals surface area contributed by atoms with Gasteiger partial charge in [0.2, 0.25) is 0 Å². The maximum atomic E-state index is 6.78. The molecule has 8 nitrogen and oxygen atoms in total. The molecule has 0 amide bonds. The Morgan fingerprint density at radius 3 is 2.42 bits per heavy atom. The first kappa shape index (κ1) is 21.4. The first-order chi connectivity index (χ1) is 15.1. The fraction of sp³-hybridized carbons (Fsp3) is 0.364. The van der Waals surface area contributed by atoms with Gasteiger partial charge in [-0.25, -0.2) is 4.68 Å². The summed E-state index contributed by atoms with van der Waals surface area (Å²) in [5.41, 5.74) is 16.3. The number of nitrogen functional groups attached to an aromatic ring is 1. The van der Waals surface area contributed by atoms with Gasteiger partial charge >= 0.3 is 0 Å². The second kappa shape index (κ2) is 9.55. The number of benzene rings is 1. The van der Waals surface area contributed by atoms with E-state index in [-0.39, 0.29) is 0 Å². The Bertz CT molecular complexity index is 1020. The van der Waals surface area contributed by atoms with Crippen LogP contribution in [0.1, 0.15) is 18.1 Å². The summed E-state index contributed by atoms with van der Waals surface area (Å²) in [6.45, 7) is 9.15. The summed E-state index contributed by atoms with van der Waals surface area (Å²) in [7, 11) is 0. The number of aromatic amines is 1. The zero-order chi connectivity index (χ0) is 21.8. The zero-order valence-electron chi connectivity index (χ0n) is 17.8. The van der Waals surface area contributed by atoms with Crippen LogP contribution in [0.15, 0.2) is 42.6 Å². The van der Waals surface area contributed by atoms with Crippen molar-refractivity contribution in [2.75, 3.05) is 45.0 Å². The van der Waals surface area contributed by atoms with Crippen molar-refractivity contribution >= 4 is 28.1 Å². The molecule has 1 aliphatic heterocycles. The van der Waals surface area contributed by atoms with E-state index in [0.717, 1.165) is 50.5 Å². The summed E-state index contributed by atoms with van der Waals surface area (Å²) in [5, 5.41) is 12.2. The van der Waals surface area contributed by atoms with Crippen LogP contribution in [0.5, 0.6) is 0 Å². The number of nitrogens with one attached hydrogen (secondary N) is 1. The largest absolute Gasteiger partial charge is 0.397 e. The standard InChI is InChI=1S/C22H29ClN8/c1-2-29-10-12-30(13-11-29)14-15-31-22(25)18(21(28-31)17-8-9-26-27-17)19(23)20(24)16-6-4-3-5-7-16/h3-9H,2,10-15,24-25H2,1H3,(H,26,27)/b20-19+. The Morgan fingerprint density at radius 1 is 1.06 bits per heavy atom. The molecule has 0 unspecified atom stereocenters. The van der Waals surface area contributed by atoms with Crippen LogP contribution in [-0.2, 0) is 6.54 Å². The molecule has 1 aromatic carbocycles. The van der Waals surface area contributed by atoms with Crippen LogP contribution in [0.25, 0.3) is 22.1 Å². The summed E-state index contributed by atoms with van der Waals surface area (Å²) in [6.07, 6.45) is 1.68. The molecule has 4 rings (SSSR count). The molecule has 1 aliphatic rings. The number of likely N-dealkylation sites (N-methyl/N-ethyl adjacent to an activating group) is 1. The third-order valence-electron chi connectivity index (χ3n) is 5.83. The van der Waals surface area contributed by atoms with Gasteiger partial charge in [0.1, 0.15) is 11.5 Å². The van der Waals surface area contributed by atoms with Crippen molar-refractivity contribution in [2.45, 2.75) is 13.5 Å². The van der Waals surface area contributed by atoms with E-state index in [4.69, 9.17) is 28.2 Å². The highest BCUT2D eigenvalue weighted by molar-refractivity contribution is 6.53. The molecule has 2 aromatic heterocycles. The van der Waals surface area contributed by atoms with Crippen molar-refractivity contribution in [3.63, 3.8) is 0 Å². The predicted octanol–water partition coefficient (Wildman–Crippen LogP) is 2.52. The number of H-pyrrole nitrogens is 1. The summed E-state index contributed by atoms with van der Waals surface area (Å²) in [4.78, 5) is 4.91. The van der Waals surface area contributed by atoms with Crippen molar-refractivity contribution < 1.29 is 0 Å². The van der Waals surface area contributed by atoms with Crippen molar-refractivity contribution in [1.82, 2.24) is 29.8 Å². The van der Waals surface area contributed by atoms with Gasteiger partial charge < -0.3 is 16.4 Å². The van der Waals surface area contributed by atoms with Gasteiger partial charge in [-0.2, -0.15) is 10.2 Å². The van der Waals surface area contributed by atoms with Crippen molar-refractivity contribution in [1.29, 1.82) is 0 Å². The quantitative estimate of drug-likeness (QED) is 0.521. The summed E-state index contributed by atoms with van der Waals surface area (Å²) in [5.74, 6) is 0.501. The normalized spacial score (nSPS) is 16.5. The molecule has 1 saturated heterocycles. The SMILES string of the molecule is CCN1CCN(CCn2nc(-c3ccn[nH]3)c(/C(Cl)=C(\N)c3ccccc3)c2N)CC1. The van der Waals surface area contributed by atoms with Gasteiger partial charge in [-0.3, -0.25) is 10.00 Å². The monoisotopic (exact) mass is 440 g/mol. The van der Waals surface area contributed by atoms with Crippen LogP contribution >= 0.6 is 11.6 Å². The van der Waals surface area contributed by atoms with E-state index in [1.54, 1.807) is 6.20 Å². The minimum absolute atomic E-state index is 0.385. The second-order valence-corrected chi connectivity index (χ2v) is 8.05. The van der Waals surface area contributed by atoms with E-state index in [0.29, 0.717) is 34.3 Å². The van der Waals surface area contributed by atoms with Gasteiger partial charge in [-0.05, 0) is 18.2 Å². The average molecular weight is 441 g/mol. The van der Waals surface area contributed by atoms with Crippen molar-refractivity contribution in [2.24, 2.45) is 5.73 Å². The molecule has 9 heteroatoms. The molecule has 31 heavy (non-hydrogen) atoms. The number of nitrogens with zero attached hydrogens (tertiary/aromatic N) is 5. The number of hydrogen-bond donors (Lipinski definition) is 3. The van der Waals surface area contributed by atoms with Crippen LogP contribution in [0.2, 0.25) is 0 Å². The lowest BCUT2D eigenvalue weighted by atomic mass is 10.1. The van der Waals surface area contributed by atoms with Crippen LogP contribution in [-0.4, -0.2) is 69.0 Å². The average Bonchev–Trinajstić information content (AvgIpc) is 3.46. The lowest BCUT2D eigenvalue weighted by Gasteiger charge is -2.33. The third-order valence-corrected chi connectivity index (χ3v) is 6.22. The van der Waals surface area contributed by atoms with Crippen molar-refractivity contribution in [3.8, 4) is 11.4 Å². The topological polar surface area (TPSA) is 105 Å². The molecule has 0 radical (unpaired) electrons. The number of nitrogens with two attached hydrogens (primary N) is 2. The molecule has 0 atom stereocenters. The van der Waals surface area contributed by atoms with Crippen LogP contribution < -0.4 is 11.5 Å². The Balaban J connectivity index is 1.63. The number of hydrogen-bond acceptors (Lipinski definition) is 6. The minimum atomic E-state index is 0.385. The van der Waals surface area contributed by atoms with Gasteiger partial charge in [0.05, 0.1) is 28.5 Å². The van der Waals surface area contributed by atoms with E-state index in [1.807, 2.05) is 41.1 Å². The third kappa shape index (κ3) is 4.61. The summed E-state index contributed by atoms with van der Waals surface area (Å²) >= 11 is 6.78. The number of halogens is 1. The molecule has 3 heterocycles. The van der Waals surface area contributed by atoms with Gasteiger partial charge in [0.15, 0.2) is 0 Å². The lowest BCUT2D eigenvalue weighted by molar-refractivity contribution is 0.133. The first-order valence-electron chi connectivity index (χ1n) is 10.6. The zero-order valence-corrected chi connectivity index (χ0v) is 18.5. The van der Waals surface area contributed by atoms with E-state index in [1.165, 1.54) is 0 Å². The second-order valence-electron chi connectivity index (χ2n) is 7.67. The van der Waals surface area contributed by atoms with E-state index in [2.05, 4.69) is 26.9 Å². The van der Waals surface area contributed by atoms with Crippen LogP contribution in [0.3, 0.4) is 0 Å². The highest BCUT2D eigenvalue weighted by Gasteiger charge is 2.23. The van der Waals surface area contributed by atoms with Crippen LogP contribution in [0, 0.1) is 0 Å². The molecule has 0 aliphatic carbocycles. The van der Waals surface area contributed by atoms with Gasteiger partial charge in [-0.1, -0.05) is 48.9 Å².